The second-order valence-electron chi connectivity index (χ2n) is 8.24. The quantitative estimate of drug-likeness (QED) is 0.457. The SMILES string of the molecule is Cc1ccccc1NC(=O)C(=O)NCCCc1ccc(N2CCc3ccccc3C2)cc1. The Morgan fingerprint density at radius 3 is 2.38 bits per heavy atom. The van der Waals surface area contributed by atoms with E-state index in [0.29, 0.717) is 12.2 Å². The summed E-state index contributed by atoms with van der Waals surface area (Å²) < 4.78 is 0. The molecule has 4 rings (SSSR count). The molecule has 0 unspecified atom stereocenters. The molecule has 3 aromatic rings. The molecule has 2 amide bonds. The van der Waals surface area contributed by atoms with E-state index in [4.69, 9.17) is 0 Å². The minimum atomic E-state index is -0.633. The summed E-state index contributed by atoms with van der Waals surface area (Å²) in [5.74, 6) is -1.24. The van der Waals surface area contributed by atoms with Crippen LogP contribution in [0.4, 0.5) is 11.4 Å². The normalized spacial score (nSPS) is 12.7. The third-order valence-corrected chi connectivity index (χ3v) is 5.96. The van der Waals surface area contributed by atoms with Crippen LogP contribution >= 0.6 is 0 Å². The number of nitrogens with zero attached hydrogens (tertiary/aromatic N) is 1. The predicted octanol–water partition coefficient (Wildman–Crippen LogP) is 4.25. The number of rotatable bonds is 6. The number of para-hydroxylation sites is 1. The second-order valence-corrected chi connectivity index (χ2v) is 8.24. The summed E-state index contributed by atoms with van der Waals surface area (Å²) in [5.41, 5.74) is 6.91. The van der Waals surface area contributed by atoms with Gasteiger partial charge in [0, 0.05) is 31.0 Å². The fourth-order valence-corrected chi connectivity index (χ4v) is 4.06. The number of carbonyl (C=O) groups is 2. The number of benzene rings is 3. The predicted molar refractivity (Wildman–Crippen MR) is 129 cm³/mol. The van der Waals surface area contributed by atoms with Gasteiger partial charge in [-0.15, -0.1) is 0 Å². The molecule has 5 heteroatoms. The molecule has 0 atom stereocenters. The van der Waals surface area contributed by atoms with Crippen molar-refractivity contribution >= 4 is 23.2 Å². The smallest absolute Gasteiger partial charge is 0.313 e. The number of anilines is 2. The molecule has 0 saturated carbocycles. The standard InChI is InChI=1S/C27H29N3O2/c1-20-7-2-5-11-25(20)29-27(32)26(31)28-17-6-8-21-12-14-24(15-13-21)30-18-16-22-9-3-4-10-23(22)19-30/h2-5,7,9-15H,6,8,16-19H2,1H3,(H,28,31)(H,29,32). The topological polar surface area (TPSA) is 61.4 Å². The first-order chi connectivity index (χ1) is 15.6. The summed E-state index contributed by atoms with van der Waals surface area (Å²) in [4.78, 5) is 26.5. The van der Waals surface area contributed by atoms with E-state index < -0.39 is 11.8 Å². The molecule has 0 aliphatic carbocycles. The Labute approximate surface area is 189 Å². The number of hydrogen-bond acceptors (Lipinski definition) is 3. The Bertz CT molecular complexity index is 1090. The zero-order chi connectivity index (χ0) is 22.3. The monoisotopic (exact) mass is 427 g/mol. The van der Waals surface area contributed by atoms with Gasteiger partial charge in [0.2, 0.25) is 0 Å². The van der Waals surface area contributed by atoms with Gasteiger partial charge < -0.3 is 15.5 Å². The fraction of sp³-hybridized carbons (Fsp3) is 0.259. The Hall–Kier alpha value is -3.60. The number of carbonyl (C=O) groups excluding carboxylic acids is 2. The minimum Gasteiger partial charge on any atom is -0.367 e. The molecule has 1 heterocycles. The summed E-state index contributed by atoms with van der Waals surface area (Å²) >= 11 is 0. The van der Waals surface area contributed by atoms with E-state index >= 15 is 0 Å². The first kappa shape index (κ1) is 21.6. The Morgan fingerprint density at radius 1 is 0.875 bits per heavy atom. The molecular weight excluding hydrogens is 398 g/mol. The Balaban J connectivity index is 1.21. The zero-order valence-electron chi connectivity index (χ0n) is 18.4. The van der Waals surface area contributed by atoms with Crippen molar-refractivity contribution in [2.24, 2.45) is 0 Å². The molecule has 32 heavy (non-hydrogen) atoms. The van der Waals surface area contributed by atoms with Crippen LogP contribution < -0.4 is 15.5 Å². The third-order valence-electron chi connectivity index (χ3n) is 5.96. The molecule has 0 saturated heterocycles. The molecule has 164 valence electrons. The van der Waals surface area contributed by atoms with Gasteiger partial charge in [-0.25, -0.2) is 0 Å². The highest BCUT2D eigenvalue weighted by Crippen LogP contribution is 2.24. The maximum absolute atomic E-state index is 12.1. The van der Waals surface area contributed by atoms with Crippen molar-refractivity contribution in [3.05, 3.63) is 95.1 Å². The Kier molecular flexibility index (Phi) is 6.85. The highest BCUT2D eigenvalue weighted by molar-refractivity contribution is 6.39. The van der Waals surface area contributed by atoms with E-state index in [2.05, 4.69) is 64.1 Å². The molecule has 1 aliphatic heterocycles. The number of fused-ring (bicyclic) bond motifs is 1. The zero-order valence-corrected chi connectivity index (χ0v) is 18.4. The molecule has 0 spiro atoms. The van der Waals surface area contributed by atoms with E-state index in [0.717, 1.165) is 37.9 Å². The Morgan fingerprint density at radius 2 is 1.59 bits per heavy atom. The van der Waals surface area contributed by atoms with Gasteiger partial charge in [0.15, 0.2) is 0 Å². The van der Waals surface area contributed by atoms with Crippen LogP contribution in [0.3, 0.4) is 0 Å². The number of hydrogen-bond donors (Lipinski definition) is 2. The lowest BCUT2D eigenvalue weighted by Gasteiger charge is -2.30. The summed E-state index contributed by atoms with van der Waals surface area (Å²) in [7, 11) is 0. The molecule has 2 N–H and O–H groups in total. The number of nitrogens with one attached hydrogen (secondary N) is 2. The van der Waals surface area contributed by atoms with Crippen molar-refractivity contribution in [1.82, 2.24) is 5.32 Å². The van der Waals surface area contributed by atoms with Gasteiger partial charge in [0.25, 0.3) is 0 Å². The van der Waals surface area contributed by atoms with Gasteiger partial charge in [-0.05, 0) is 66.6 Å². The summed E-state index contributed by atoms with van der Waals surface area (Å²) in [6.45, 7) is 4.34. The maximum atomic E-state index is 12.1. The summed E-state index contributed by atoms with van der Waals surface area (Å²) in [5, 5.41) is 5.36. The second kappa shape index (κ2) is 10.1. The maximum Gasteiger partial charge on any atom is 0.313 e. The van der Waals surface area contributed by atoms with E-state index in [1.54, 1.807) is 6.07 Å². The number of amides is 2. The first-order valence-electron chi connectivity index (χ1n) is 11.2. The van der Waals surface area contributed by atoms with Crippen molar-refractivity contribution in [3.63, 3.8) is 0 Å². The lowest BCUT2D eigenvalue weighted by molar-refractivity contribution is -0.136. The van der Waals surface area contributed by atoms with Gasteiger partial charge >= 0.3 is 11.8 Å². The van der Waals surface area contributed by atoms with Crippen molar-refractivity contribution < 1.29 is 9.59 Å². The van der Waals surface area contributed by atoms with E-state index in [1.807, 2.05) is 25.1 Å². The number of aryl methyl sites for hydroxylation is 2. The lowest BCUT2D eigenvalue weighted by atomic mass is 9.99. The van der Waals surface area contributed by atoms with Crippen LogP contribution in [0.1, 0.15) is 28.7 Å². The highest BCUT2D eigenvalue weighted by atomic mass is 16.2. The van der Waals surface area contributed by atoms with Gasteiger partial charge in [0.05, 0.1) is 0 Å². The van der Waals surface area contributed by atoms with Gasteiger partial charge in [-0.3, -0.25) is 9.59 Å². The summed E-state index contributed by atoms with van der Waals surface area (Å²) in [6.07, 6.45) is 2.71. The van der Waals surface area contributed by atoms with Crippen LogP contribution in [-0.4, -0.2) is 24.9 Å². The molecule has 5 nitrogen and oxygen atoms in total. The molecular formula is C27H29N3O2. The largest absolute Gasteiger partial charge is 0.367 e. The molecule has 0 aromatic heterocycles. The lowest BCUT2D eigenvalue weighted by Crippen LogP contribution is -2.36. The fourth-order valence-electron chi connectivity index (χ4n) is 4.06. The highest BCUT2D eigenvalue weighted by Gasteiger charge is 2.16. The van der Waals surface area contributed by atoms with Crippen LogP contribution in [0.25, 0.3) is 0 Å². The molecule has 0 bridgehead atoms. The average Bonchev–Trinajstić information content (AvgIpc) is 2.83. The van der Waals surface area contributed by atoms with Gasteiger partial charge in [-0.2, -0.15) is 0 Å². The average molecular weight is 428 g/mol. The first-order valence-corrected chi connectivity index (χ1v) is 11.2. The molecule has 1 aliphatic rings. The van der Waals surface area contributed by atoms with Gasteiger partial charge in [-0.1, -0.05) is 54.6 Å². The van der Waals surface area contributed by atoms with E-state index in [1.165, 1.54) is 22.4 Å². The minimum absolute atomic E-state index is 0.463. The van der Waals surface area contributed by atoms with Crippen molar-refractivity contribution in [3.8, 4) is 0 Å². The molecule has 3 aromatic carbocycles. The van der Waals surface area contributed by atoms with Gasteiger partial charge in [0.1, 0.15) is 0 Å². The third kappa shape index (κ3) is 5.35. The van der Waals surface area contributed by atoms with Crippen LogP contribution in [0, 0.1) is 6.92 Å². The molecule has 0 radical (unpaired) electrons. The van der Waals surface area contributed by atoms with Crippen LogP contribution in [-0.2, 0) is 29.0 Å². The van der Waals surface area contributed by atoms with E-state index in [9.17, 15) is 9.59 Å². The summed E-state index contributed by atoms with van der Waals surface area (Å²) in [6, 6.07) is 24.7. The van der Waals surface area contributed by atoms with Crippen molar-refractivity contribution in [1.29, 1.82) is 0 Å². The van der Waals surface area contributed by atoms with Crippen molar-refractivity contribution in [2.45, 2.75) is 32.7 Å². The van der Waals surface area contributed by atoms with E-state index in [-0.39, 0.29) is 0 Å². The van der Waals surface area contributed by atoms with Crippen LogP contribution in [0.5, 0.6) is 0 Å². The van der Waals surface area contributed by atoms with Crippen LogP contribution in [0.15, 0.2) is 72.8 Å². The van der Waals surface area contributed by atoms with Crippen molar-refractivity contribution in [2.75, 3.05) is 23.3 Å². The van der Waals surface area contributed by atoms with Crippen LogP contribution in [0.2, 0.25) is 0 Å². The molecule has 0 fully saturated rings.